The minimum atomic E-state index is 0.276. The van der Waals surface area contributed by atoms with Crippen LogP contribution in [-0.2, 0) is 17.6 Å². The highest BCUT2D eigenvalue weighted by Gasteiger charge is 2.30. The minimum Gasteiger partial charge on any atom is -0.342 e. The third-order valence-electron chi connectivity index (χ3n) is 5.78. The monoisotopic (exact) mass is 387 g/mol. The zero-order chi connectivity index (χ0) is 17.5. The Labute approximate surface area is 162 Å². The molecule has 6 heteroatoms. The van der Waals surface area contributed by atoms with Crippen LogP contribution in [0.15, 0.2) is 5.03 Å². The van der Waals surface area contributed by atoms with Crippen molar-refractivity contribution in [2.24, 2.45) is 0 Å². The average molecular weight is 388 g/mol. The Morgan fingerprint density at radius 2 is 1.88 bits per heavy atom. The van der Waals surface area contributed by atoms with Crippen molar-refractivity contribution < 1.29 is 4.79 Å². The third-order valence-corrected chi connectivity index (χ3v) is 7.93. The highest BCUT2D eigenvalue weighted by molar-refractivity contribution is 8.00. The number of hydrogen-bond acceptors (Lipinski definition) is 5. The molecule has 0 aromatic carbocycles. The van der Waals surface area contributed by atoms with E-state index in [1.807, 2.05) is 16.2 Å². The molecule has 2 aromatic heterocycles. The number of aromatic nitrogens is 2. The molecule has 0 bridgehead atoms. The van der Waals surface area contributed by atoms with Gasteiger partial charge in [-0.3, -0.25) is 4.79 Å². The molecule has 0 radical (unpaired) electrons. The number of thiophene rings is 1. The largest absolute Gasteiger partial charge is 0.342 e. The maximum absolute atomic E-state index is 12.6. The molecule has 0 N–H and O–H groups in total. The van der Waals surface area contributed by atoms with Gasteiger partial charge in [0.15, 0.2) is 0 Å². The fourth-order valence-electron chi connectivity index (χ4n) is 4.13. The molecule has 26 heavy (non-hydrogen) atoms. The summed E-state index contributed by atoms with van der Waals surface area (Å²) in [5.74, 6) is 2.36. The lowest BCUT2D eigenvalue weighted by Crippen LogP contribution is -2.36. The Balaban J connectivity index is 1.44. The van der Waals surface area contributed by atoms with Crippen LogP contribution in [0.5, 0.6) is 0 Å². The van der Waals surface area contributed by atoms with Crippen LogP contribution in [0, 0.1) is 0 Å². The highest BCUT2D eigenvalue weighted by atomic mass is 32.2. The fraction of sp³-hybridized carbons (Fsp3) is 0.650. The van der Waals surface area contributed by atoms with Gasteiger partial charge in [-0.2, -0.15) is 0 Å². The fourth-order valence-corrected chi connectivity index (χ4v) is 6.43. The Morgan fingerprint density at radius 3 is 2.69 bits per heavy atom. The number of carbonyl (C=O) groups is 1. The predicted molar refractivity (Wildman–Crippen MR) is 107 cm³/mol. The molecule has 1 amide bonds. The van der Waals surface area contributed by atoms with Crippen molar-refractivity contribution >= 4 is 39.2 Å². The van der Waals surface area contributed by atoms with E-state index in [2.05, 4.69) is 0 Å². The van der Waals surface area contributed by atoms with Crippen molar-refractivity contribution in [3.63, 3.8) is 0 Å². The van der Waals surface area contributed by atoms with Gasteiger partial charge < -0.3 is 4.90 Å². The van der Waals surface area contributed by atoms with Gasteiger partial charge in [0.2, 0.25) is 5.91 Å². The molecule has 4 nitrogen and oxygen atoms in total. The summed E-state index contributed by atoms with van der Waals surface area (Å²) < 4.78 is 0. The first-order valence-electron chi connectivity index (χ1n) is 10.0. The lowest BCUT2D eigenvalue weighted by Gasteiger charge is -2.26. The van der Waals surface area contributed by atoms with E-state index in [9.17, 15) is 4.79 Å². The first-order valence-corrected chi connectivity index (χ1v) is 11.8. The maximum atomic E-state index is 12.6. The number of aryl methyl sites for hydroxylation is 2. The number of hydrogen-bond donors (Lipinski definition) is 0. The number of carbonyl (C=O) groups excluding carboxylic acids is 1. The molecule has 2 fully saturated rings. The second-order valence-corrected chi connectivity index (χ2v) is 9.83. The van der Waals surface area contributed by atoms with E-state index in [4.69, 9.17) is 9.97 Å². The number of fused-ring (bicyclic) bond motifs is 3. The first-order chi connectivity index (χ1) is 12.8. The minimum absolute atomic E-state index is 0.276. The molecular formula is C20H25N3OS2. The summed E-state index contributed by atoms with van der Waals surface area (Å²) in [6, 6.07) is 0. The number of rotatable bonds is 4. The molecular weight excluding hydrogens is 362 g/mol. The number of thioether (sulfide) groups is 1. The van der Waals surface area contributed by atoms with Gasteiger partial charge in [0.25, 0.3) is 0 Å². The van der Waals surface area contributed by atoms with Crippen molar-refractivity contribution in [2.75, 3.05) is 18.8 Å². The maximum Gasteiger partial charge on any atom is 0.232 e. The Bertz CT molecular complexity index is 837. The van der Waals surface area contributed by atoms with Crippen molar-refractivity contribution in [1.29, 1.82) is 0 Å². The van der Waals surface area contributed by atoms with Crippen LogP contribution in [0.4, 0.5) is 0 Å². The van der Waals surface area contributed by atoms with E-state index in [0.717, 1.165) is 43.2 Å². The molecule has 5 rings (SSSR count). The summed E-state index contributed by atoms with van der Waals surface area (Å²) in [7, 11) is 0. The van der Waals surface area contributed by atoms with Gasteiger partial charge >= 0.3 is 0 Å². The molecule has 1 saturated heterocycles. The van der Waals surface area contributed by atoms with E-state index in [0.29, 0.717) is 11.7 Å². The number of amides is 1. The normalized spacial score (nSPS) is 20.4. The van der Waals surface area contributed by atoms with Crippen LogP contribution in [0.2, 0.25) is 0 Å². The standard InChI is InChI=1S/C20H25N3OS2/c24-16(23-10-4-1-5-11-23)12-25-19-17-14-6-2-3-7-15(14)26-20(17)22-18(21-19)13-8-9-13/h13H,1-12H2. The molecule has 1 aliphatic heterocycles. The Kier molecular flexibility index (Phi) is 4.65. The van der Waals surface area contributed by atoms with Crippen molar-refractivity contribution in [1.82, 2.24) is 14.9 Å². The SMILES string of the molecule is O=C(CSc1nc(C2CC2)nc2sc3c(c12)CCCC3)N1CCCCC1. The summed E-state index contributed by atoms with van der Waals surface area (Å²) in [6.45, 7) is 1.86. The summed E-state index contributed by atoms with van der Waals surface area (Å²) >= 11 is 3.53. The van der Waals surface area contributed by atoms with Crippen LogP contribution in [0.25, 0.3) is 10.2 Å². The Hall–Kier alpha value is -1.14. The van der Waals surface area contributed by atoms with Crippen molar-refractivity contribution in [3.05, 3.63) is 16.3 Å². The molecule has 0 unspecified atom stereocenters. The summed E-state index contributed by atoms with van der Waals surface area (Å²) in [5.41, 5.74) is 1.48. The van der Waals surface area contributed by atoms with Gasteiger partial charge in [-0.1, -0.05) is 11.8 Å². The smallest absolute Gasteiger partial charge is 0.232 e. The molecule has 3 aliphatic rings. The van der Waals surface area contributed by atoms with Gasteiger partial charge in [0, 0.05) is 29.3 Å². The number of piperidine rings is 1. The van der Waals surface area contributed by atoms with E-state index < -0.39 is 0 Å². The zero-order valence-corrected chi connectivity index (χ0v) is 16.8. The van der Waals surface area contributed by atoms with Crippen LogP contribution in [0.1, 0.15) is 67.1 Å². The zero-order valence-electron chi connectivity index (χ0n) is 15.1. The molecule has 2 aromatic rings. The van der Waals surface area contributed by atoms with Crippen LogP contribution < -0.4 is 0 Å². The van der Waals surface area contributed by atoms with Crippen LogP contribution in [-0.4, -0.2) is 39.6 Å². The summed E-state index contributed by atoms with van der Waals surface area (Å²) in [5, 5.41) is 2.34. The summed E-state index contributed by atoms with van der Waals surface area (Å²) in [6.07, 6.45) is 10.9. The molecule has 2 aliphatic carbocycles. The van der Waals surface area contributed by atoms with E-state index in [-0.39, 0.29) is 5.91 Å². The van der Waals surface area contributed by atoms with Gasteiger partial charge in [-0.25, -0.2) is 9.97 Å². The first kappa shape index (κ1) is 17.0. The van der Waals surface area contributed by atoms with E-state index in [1.165, 1.54) is 59.2 Å². The lowest BCUT2D eigenvalue weighted by atomic mass is 9.97. The predicted octanol–water partition coefficient (Wildman–Crippen LogP) is 4.55. The van der Waals surface area contributed by atoms with E-state index >= 15 is 0 Å². The topological polar surface area (TPSA) is 46.1 Å². The number of likely N-dealkylation sites (tertiary alicyclic amines) is 1. The average Bonchev–Trinajstić information content (AvgIpc) is 3.47. The Morgan fingerprint density at radius 1 is 1.08 bits per heavy atom. The number of nitrogens with zero attached hydrogens (tertiary/aromatic N) is 3. The third kappa shape index (κ3) is 3.26. The van der Waals surface area contributed by atoms with Crippen molar-refractivity contribution in [3.8, 4) is 0 Å². The second kappa shape index (κ2) is 7.12. The lowest BCUT2D eigenvalue weighted by molar-refractivity contribution is -0.129. The summed E-state index contributed by atoms with van der Waals surface area (Å²) in [4.78, 5) is 27.2. The van der Waals surface area contributed by atoms with Crippen LogP contribution >= 0.6 is 23.1 Å². The molecule has 138 valence electrons. The van der Waals surface area contributed by atoms with Gasteiger partial charge in [-0.15, -0.1) is 11.3 Å². The quantitative estimate of drug-likeness (QED) is 0.570. The second-order valence-electron chi connectivity index (χ2n) is 7.78. The van der Waals surface area contributed by atoms with Gasteiger partial charge in [0.1, 0.15) is 15.7 Å². The van der Waals surface area contributed by atoms with E-state index in [1.54, 1.807) is 11.8 Å². The highest BCUT2D eigenvalue weighted by Crippen LogP contribution is 2.44. The van der Waals surface area contributed by atoms with Crippen molar-refractivity contribution in [2.45, 2.75) is 68.7 Å². The molecule has 0 spiro atoms. The van der Waals surface area contributed by atoms with Gasteiger partial charge in [-0.05, 0) is 63.4 Å². The van der Waals surface area contributed by atoms with Gasteiger partial charge in [0.05, 0.1) is 5.75 Å². The van der Waals surface area contributed by atoms with Crippen LogP contribution in [0.3, 0.4) is 0 Å². The molecule has 1 saturated carbocycles. The molecule has 3 heterocycles. The molecule has 0 atom stereocenters.